The second-order valence-electron chi connectivity index (χ2n) is 6.22. The van der Waals surface area contributed by atoms with Crippen LogP contribution in [0, 0.1) is 0 Å². The van der Waals surface area contributed by atoms with E-state index in [4.69, 9.17) is 14.2 Å². The number of rotatable bonds is 6. The van der Waals surface area contributed by atoms with Gasteiger partial charge in [0.1, 0.15) is 5.75 Å². The van der Waals surface area contributed by atoms with E-state index in [9.17, 15) is 4.79 Å². The Morgan fingerprint density at radius 2 is 1.89 bits per heavy atom. The van der Waals surface area contributed by atoms with Crippen LogP contribution in [0.15, 0.2) is 54.7 Å². The highest BCUT2D eigenvalue weighted by Crippen LogP contribution is 2.40. The maximum absolute atomic E-state index is 12.7. The van der Waals surface area contributed by atoms with E-state index in [1.54, 1.807) is 20.2 Å². The van der Waals surface area contributed by atoms with Gasteiger partial charge >= 0.3 is 6.09 Å². The molecule has 0 aliphatic carbocycles. The molecule has 0 N–H and O–H groups in total. The van der Waals surface area contributed by atoms with Crippen LogP contribution in [0.4, 0.5) is 4.79 Å². The average molecular weight is 367 g/mol. The Kier molecular flexibility index (Phi) is 5.81. The number of carbonyl (C=O) groups is 1. The van der Waals surface area contributed by atoms with E-state index in [0.29, 0.717) is 19.6 Å². The second kappa shape index (κ2) is 8.27. The quantitative estimate of drug-likeness (QED) is 0.750. The van der Waals surface area contributed by atoms with Gasteiger partial charge in [0.15, 0.2) is 5.72 Å². The van der Waals surface area contributed by atoms with E-state index in [1.807, 2.05) is 61.5 Å². The summed E-state index contributed by atoms with van der Waals surface area (Å²) in [7, 11) is 1.62. The zero-order valence-corrected chi connectivity index (χ0v) is 16.0. The van der Waals surface area contributed by atoms with E-state index in [1.165, 1.54) is 4.90 Å². The molecule has 5 heteroatoms. The molecular formula is C22H25NO4. The van der Waals surface area contributed by atoms with Crippen LogP contribution < -0.4 is 4.74 Å². The lowest BCUT2D eigenvalue weighted by Gasteiger charge is -2.43. The van der Waals surface area contributed by atoms with Gasteiger partial charge in [-0.25, -0.2) is 4.79 Å². The lowest BCUT2D eigenvalue weighted by molar-refractivity contribution is -0.112. The molecule has 0 aromatic heterocycles. The van der Waals surface area contributed by atoms with Gasteiger partial charge in [-0.05, 0) is 43.2 Å². The first-order valence-corrected chi connectivity index (χ1v) is 9.15. The highest BCUT2D eigenvalue weighted by Gasteiger charge is 2.44. The van der Waals surface area contributed by atoms with Gasteiger partial charge in [-0.15, -0.1) is 0 Å². The summed E-state index contributed by atoms with van der Waals surface area (Å²) in [5.74, 6) is 0.795. The van der Waals surface area contributed by atoms with E-state index in [-0.39, 0.29) is 0 Å². The zero-order chi connectivity index (χ0) is 19.3. The van der Waals surface area contributed by atoms with Crippen molar-refractivity contribution < 1.29 is 19.0 Å². The van der Waals surface area contributed by atoms with Crippen LogP contribution in [0.25, 0.3) is 6.08 Å². The number of methoxy groups -OCH3 is 1. The van der Waals surface area contributed by atoms with Crippen LogP contribution in [0.1, 0.15) is 30.5 Å². The average Bonchev–Trinajstić information content (AvgIpc) is 2.69. The lowest BCUT2D eigenvalue weighted by Crippen LogP contribution is -2.51. The molecule has 0 bridgehead atoms. The van der Waals surface area contributed by atoms with Gasteiger partial charge in [0.05, 0.1) is 13.2 Å². The molecular weight excluding hydrogens is 342 g/mol. The molecule has 0 fully saturated rings. The molecule has 0 saturated heterocycles. The number of ether oxygens (including phenoxy) is 3. The van der Waals surface area contributed by atoms with Gasteiger partial charge in [0, 0.05) is 25.3 Å². The summed E-state index contributed by atoms with van der Waals surface area (Å²) in [6, 6.07) is 15.8. The second-order valence-corrected chi connectivity index (χ2v) is 6.22. The van der Waals surface area contributed by atoms with E-state index < -0.39 is 11.8 Å². The van der Waals surface area contributed by atoms with Gasteiger partial charge in [-0.2, -0.15) is 0 Å². The van der Waals surface area contributed by atoms with Crippen LogP contribution in [-0.2, 0) is 21.6 Å². The van der Waals surface area contributed by atoms with Crippen molar-refractivity contribution in [3.8, 4) is 5.75 Å². The first kappa shape index (κ1) is 19.0. The SMILES string of the molecule is CCOC(=O)N1C=Cc2ccccc2C1(Cc1cccc(OCC)c1)OC. The van der Waals surface area contributed by atoms with Crippen molar-refractivity contribution >= 4 is 12.2 Å². The van der Waals surface area contributed by atoms with Gasteiger partial charge in [-0.1, -0.05) is 36.4 Å². The number of benzene rings is 2. The third-order valence-electron chi connectivity index (χ3n) is 4.63. The topological polar surface area (TPSA) is 48.0 Å². The Labute approximate surface area is 160 Å². The number of nitrogens with zero attached hydrogens (tertiary/aromatic N) is 1. The molecule has 1 aliphatic rings. The van der Waals surface area contributed by atoms with Crippen LogP contribution in [0.3, 0.4) is 0 Å². The van der Waals surface area contributed by atoms with Gasteiger partial charge in [-0.3, -0.25) is 4.90 Å². The number of hydrogen-bond donors (Lipinski definition) is 0. The number of amides is 1. The largest absolute Gasteiger partial charge is 0.494 e. The summed E-state index contributed by atoms with van der Waals surface area (Å²) in [6.07, 6.45) is 3.66. The molecule has 1 heterocycles. The Balaban J connectivity index is 2.07. The highest BCUT2D eigenvalue weighted by atomic mass is 16.6. The van der Waals surface area contributed by atoms with Crippen molar-refractivity contribution in [3.63, 3.8) is 0 Å². The highest BCUT2D eigenvalue weighted by molar-refractivity contribution is 5.74. The maximum Gasteiger partial charge on any atom is 0.416 e. The summed E-state index contributed by atoms with van der Waals surface area (Å²) in [5, 5.41) is 0. The monoisotopic (exact) mass is 367 g/mol. The van der Waals surface area contributed by atoms with Crippen molar-refractivity contribution in [2.45, 2.75) is 26.0 Å². The predicted octanol–water partition coefficient (Wildman–Crippen LogP) is 4.57. The smallest absolute Gasteiger partial charge is 0.416 e. The lowest BCUT2D eigenvalue weighted by atomic mass is 9.87. The zero-order valence-electron chi connectivity index (χ0n) is 16.0. The number of carbonyl (C=O) groups excluding carboxylic acids is 1. The van der Waals surface area contributed by atoms with E-state index >= 15 is 0 Å². The maximum atomic E-state index is 12.7. The summed E-state index contributed by atoms with van der Waals surface area (Å²) in [5.41, 5.74) is 1.94. The molecule has 1 aliphatic heterocycles. The fraction of sp³-hybridized carbons (Fsp3) is 0.318. The first-order chi connectivity index (χ1) is 13.1. The van der Waals surface area contributed by atoms with E-state index in [0.717, 1.165) is 22.4 Å². The third-order valence-corrected chi connectivity index (χ3v) is 4.63. The predicted molar refractivity (Wildman–Crippen MR) is 104 cm³/mol. The van der Waals surface area contributed by atoms with Crippen molar-refractivity contribution in [3.05, 3.63) is 71.4 Å². The minimum atomic E-state index is -0.998. The summed E-state index contributed by atoms with van der Waals surface area (Å²) in [6.45, 7) is 4.64. The number of fused-ring (bicyclic) bond motifs is 1. The molecule has 0 radical (unpaired) electrons. The molecule has 0 spiro atoms. The van der Waals surface area contributed by atoms with Gasteiger partial charge < -0.3 is 14.2 Å². The minimum absolute atomic E-state index is 0.296. The van der Waals surface area contributed by atoms with Crippen LogP contribution in [-0.4, -0.2) is 31.3 Å². The van der Waals surface area contributed by atoms with Crippen molar-refractivity contribution in [2.75, 3.05) is 20.3 Å². The summed E-state index contributed by atoms with van der Waals surface area (Å²) < 4.78 is 16.9. The van der Waals surface area contributed by atoms with Crippen molar-refractivity contribution in [2.24, 2.45) is 0 Å². The molecule has 0 saturated carbocycles. The van der Waals surface area contributed by atoms with Crippen molar-refractivity contribution in [1.29, 1.82) is 0 Å². The molecule has 2 aromatic carbocycles. The van der Waals surface area contributed by atoms with Crippen LogP contribution >= 0.6 is 0 Å². The molecule has 1 amide bonds. The number of hydrogen-bond acceptors (Lipinski definition) is 4. The molecule has 3 rings (SSSR count). The summed E-state index contributed by atoms with van der Waals surface area (Å²) >= 11 is 0. The first-order valence-electron chi connectivity index (χ1n) is 9.15. The molecule has 27 heavy (non-hydrogen) atoms. The molecule has 142 valence electrons. The Bertz CT molecular complexity index is 833. The molecule has 2 aromatic rings. The van der Waals surface area contributed by atoms with Crippen LogP contribution in [0.2, 0.25) is 0 Å². The Morgan fingerprint density at radius 3 is 2.63 bits per heavy atom. The van der Waals surface area contributed by atoms with Gasteiger partial charge in [0.25, 0.3) is 0 Å². The Morgan fingerprint density at radius 1 is 1.07 bits per heavy atom. The molecule has 1 atom stereocenters. The fourth-order valence-electron chi connectivity index (χ4n) is 3.45. The van der Waals surface area contributed by atoms with Crippen molar-refractivity contribution in [1.82, 2.24) is 4.90 Å². The fourth-order valence-corrected chi connectivity index (χ4v) is 3.45. The minimum Gasteiger partial charge on any atom is -0.494 e. The van der Waals surface area contributed by atoms with E-state index in [2.05, 4.69) is 0 Å². The third kappa shape index (κ3) is 3.69. The van der Waals surface area contributed by atoms with Gasteiger partial charge in [0.2, 0.25) is 0 Å². The normalized spacial score (nSPS) is 18.1. The molecule has 1 unspecified atom stereocenters. The standard InChI is InChI=1S/C22H25NO4/c1-4-26-19-11-8-9-17(15-19)16-22(25-3)20-12-7-6-10-18(20)13-14-23(22)21(24)27-5-2/h6-15H,4-5,16H2,1-3H3. The summed E-state index contributed by atoms with van der Waals surface area (Å²) in [4.78, 5) is 14.2. The molecule has 5 nitrogen and oxygen atoms in total. The Hall–Kier alpha value is -2.79. The van der Waals surface area contributed by atoms with Crippen LogP contribution in [0.5, 0.6) is 5.75 Å².